The highest BCUT2D eigenvalue weighted by atomic mass is 32.1. The van der Waals surface area contributed by atoms with E-state index in [1.54, 1.807) is 35.4 Å². The molecule has 1 aromatic heterocycles. The Bertz CT molecular complexity index is 677. The lowest BCUT2D eigenvalue weighted by Crippen LogP contribution is -2.25. The number of hydrogen-bond donors (Lipinski definition) is 0. The number of hydrogen-bond acceptors (Lipinski definition) is 2. The van der Waals surface area contributed by atoms with E-state index in [-0.39, 0.29) is 11.7 Å². The van der Waals surface area contributed by atoms with E-state index in [0.717, 1.165) is 23.3 Å². The minimum Gasteiger partial charge on any atom is -0.337 e. The van der Waals surface area contributed by atoms with Crippen LogP contribution in [0.1, 0.15) is 39.0 Å². The first-order chi connectivity index (χ1) is 10.5. The van der Waals surface area contributed by atoms with E-state index < -0.39 is 0 Å². The van der Waals surface area contributed by atoms with Crippen molar-refractivity contribution in [2.45, 2.75) is 32.7 Å². The summed E-state index contributed by atoms with van der Waals surface area (Å²) in [5.41, 5.74) is 2.29. The van der Waals surface area contributed by atoms with Gasteiger partial charge >= 0.3 is 0 Å². The fraction of sp³-hybridized carbons (Fsp3) is 0.389. The first-order valence-corrected chi connectivity index (χ1v) is 8.46. The number of fused-ring (bicyclic) bond motifs is 1. The number of carbonyl (C=O) groups excluding carboxylic acids is 1. The maximum Gasteiger partial charge on any atom is 0.263 e. The molecule has 4 heteroatoms. The molecule has 1 amide bonds. The van der Waals surface area contributed by atoms with Crippen LogP contribution in [0.3, 0.4) is 0 Å². The molecule has 0 saturated carbocycles. The third-order valence-electron chi connectivity index (χ3n) is 4.22. The van der Waals surface area contributed by atoms with Crippen molar-refractivity contribution >= 4 is 17.2 Å². The summed E-state index contributed by atoms with van der Waals surface area (Å²) in [5.74, 6) is 0.510. The van der Waals surface area contributed by atoms with E-state index >= 15 is 0 Å². The molecule has 0 unspecified atom stereocenters. The summed E-state index contributed by atoms with van der Waals surface area (Å²) >= 11 is 1.64. The van der Waals surface area contributed by atoms with Crippen molar-refractivity contribution in [2.24, 2.45) is 5.92 Å². The predicted molar refractivity (Wildman–Crippen MR) is 87.7 cm³/mol. The minimum atomic E-state index is -0.252. The van der Waals surface area contributed by atoms with Gasteiger partial charge in [0, 0.05) is 18.5 Å². The van der Waals surface area contributed by atoms with Gasteiger partial charge in [-0.3, -0.25) is 4.79 Å². The van der Waals surface area contributed by atoms with Gasteiger partial charge in [0.05, 0.1) is 4.88 Å². The van der Waals surface area contributed by atoms with E-state index in [9.17, 15) is 9.18 Å². The molecule has 1 aliphatic rings. The third-order valence-corrected chi connectivity index (χ3v) is 5.44. The van der Waals surface area contributed by atoms with Crippen molar-refractivity contribution in [1.29, 1.82) is 0 Å². The van der Waals surface area contributed by atoms with Crippen LogP contribution in [0.2, 0.25) is 0 Å². The van der Waals surface area contributed by atoms with E-state index in [4.69, 9.17) is 0 Å². The average molecular weight is 317 g/mol. The molecule has 2 nitrogen and oxygen atoms in total. The highest BCUT2D eigenvalue weighted by Crippen LogP contribution is 2.32. The molecule has 0 fully saturated rings. The zero-order chi connectivity index (χ0) is 15.7. The molecule has 0 aliphatic heterocycles. The molecular formula is C18H20FNOS. The monoisotopic (exact) mass is 317 g/mol. The lowest BCUT2D eigenvalue weighted by Gasteiger charge is -2.16. The van der Waals surface area contributed by atoms with Crippen LogP contribution in [-0.4, -0.2) is 17.9 Å². The number of thiophene rings is 1. The number of aryl methyl sites for hydroxylation is 1. The van der Waals surface area contributed by atoms with Crippen LogP contribution in [0.5, 0.6) is 0 Å². The van der Waals surface area contributed by atoms with Gasteiger partial charge in [-0.15, -0.1) is 11.3 Å². The van der Waals surface area contributed by atoms with Crippen LogP contribution in [0, 0.1) is 11.7 Å². The van der Waals surface area contributed by atoms with Crippen molar-refractivity contribution in [3.05, 3.63) is 57.0 Å². The van der Waals surface area contributed by atoms with Gasteiger partial charge in [0.2, 0.25) is 0 Å². The normalized spacial score (nSPS) is 17.1. The second kappa shape index (κ2) is 6.21. The van der Waals surface area contributed by atoms with E-state index in [1.165, 1.54) is 29.0 Å². The molecule has 1 aromatic carbocycles. The largest absolute Gasteiger partial charge is 0.337 e. The quantitative estimate of drug-likeness (QED) is 0.827. The van der Waals surface area contributed by atoms with Crippen LogP contribution in [0.4, 0.5) is 4.39 Å². The van der Waals surface area contributed by atoms with Gasteiger partial charge in [0.1, 0.15) is 5.82 Å². The van der Waals surface area contributed by atoms with Crippen LogP contribution >= 0.6 is 11.3 Å². The van der Waals surface area contributed by atoms with Crippen molar-refractivity contribution in [3.8, 4) is 0 Å². The van der Waals surface area contributed by atoms with Gasteiger partial charge < -0.3 is 4.90 Å². The van der Waals surface area contributed by atoms with Gasteiger partial charge in [-0.2, -0.15) is 0 Å². The van der Waals surface area contributed by atoms with Crippen molar-refractivity contribution in [2.75, 3.05) is 7.05 Å². The standard InChI is InChI=1S/C18H20FNOS/c1-12-3-8-16-14(9-12)10-17(22-16)18(21)20(2)11-13-4-6-15(19)7-5-13/h4-7,10,12H,3,8-9,11H2,1-2H3/t12-/m1/s1. The molecule has 0 N–H and O–H groups in total. The second-order valence-electron chi connectivity index (χ2n) is 6.19. The lowest BCUT2D eigenvalue weighted by atomic mass is 9.90. The Hall–Kier alpha value is -1.68. The van der Waals surface area contributed by atoms with E-state index in [1.807, 2.05) is 0 Å². The maximum atomic E-state index is 12.9. The Labute approximate surface area is 134 Å². The number of nitrogens with zero attached hydrogens (tertiary/aromatic N) is 1. The van der Waals surface area contributed by atoms with Crippen LogP contribution in [-0.2, 0) is 19.4 Å². The summed E-state index contributed by atoms with van der Waals surface area (Å²) in [7, 11) is 1.80. The maximum absolute atomic E-state index is 12.9. The van der Waals surface area contributed by atoms with E-state index in [0.29, 0.717) is 12.5 Å². The summed E-state index contributed by atoms with van der Waals surface area (Å²) in [4.78, 5) is 16.5. The number of benzene rings is 1. The van der Waals surface area contributed by atoms with Crippen molar-refractivity contribution in [3.63, 3.8) is 0 Å². The first-order valence-electron chi connectivity index (χ1n) is 7.64. The van der Waals surface area contributed by atoms with Gasteiger partial charge in [-0.05, 0) is 54.5 Å². The van der Waals surface area contributed by atoms with Gasteiger partial charge in [-0.25, -0.2) is 4.39 Å². The van der Waals surface area contributed by atoms with Gasteiger partial charge in [0.25, 0.3) is 5.91 Å². The Morgan fingerprint density at radius 3 is 2.82 bits per heavy atom. The fourth-order valence-electron chi connectivity index (χ4n) is 2.93. The topological polar surface area (TPSA) is 20.3 Å². The molecule has 3 rings (SSSR count). The smallest absolute Gasteiger partial charge is 0.263 e. The molecule has 0 radical (unpaired) electrons. The Morgan fingerprint density at radius 1 is 1.36 bits per heavy atom. The number of amides is 1. The SMILES string of the molecule is C[C@@H]1CCc2sc(C(=O)N(C)Cc3ccc(F)cc3)cc2C1. The summed E-state index contributed by atoms with van der Waals surface area (Å²) in [5, 5.41) is 0. The van der Waals surface area contributed by atoms with Gasteiger partial charge in [0.15, 0.2) is 0 Å². The van der Waals surface area contributed by atoms with E-state index in [2.05, 4.69) is 13.0 Å². The predicted octanol–water partition coefficient (Wildman–Crippen LogP) is 4.28. The Balaban J connectivity index is 1.72. The number of carbonyl (C=O) groups is 1. The van der Waals surface area contributed by atoms with Gasteiger partial charge in [-0.1, -0.05) is 19.1 Å². The van der Waals surface area contributed by atoms with Crippen LogP contribution in [0.15, 0.2) is 30.3 Å². The average Bonchev–Trinajstić information content (AvgIpc) is 2.91. The highest BCUT2D eigenvalue weighted by Gasteiger charge is 2.22. The molecule has 1 aliphatic carbocycles. The second-order valence-corrected chi connectivity index (χ2v) is 7.33. The molecule has 0 bridgehead atoms. The zero-order valence-corrected chi connectivity index (χ0v) is 13.8. The number of halogens is 1. The summed E-state index contributed by atoms with van der Waals surface area (Å²) < 4.78 is 12.9. The molecule has 116 valence electrons. The molecule has 0 saturated heterocycles. The summed E-state index contributed by atoms with van der Waals surface area (Å²) in [6.45, 7) is 2.76. The highest BCUT2D eigenvalue weighted by molar-refractivity contribution is 7.14. The summed E-state index contributed by atoms with van der Waals surface area (Å²) in [6.07, 6.45) is 3.39. The zero-order valence-electron chi connectivity index (χ0n) is 12.9. The molecule has 1 heterocycles. The lowest BCUT2D eigenvalue weighted by molar-refractivity contribution is 0.0790. The molecule has 22 heavy (non-hydrogen) atoms. The fourth-order valence-corrected chi connectivity index (χ4v) is 4.14. The Kier molecular flexibility index (Phi) is 4.30. The Morgan fingerprint density at radius 2 is 2.09 bits per heavy atom. The molecule has 0 spiro atoms. The number of rotatable bonds is 3. The van der Waals surface area contributed by atoms with Crippen LogP contribution < -0.4 is 0 Å². The van der Waals surface area contributed by atoms with Crippen molar-refractivity contribution in [1.82, 2.24) is 4.90 Å². The first kappa shape index (κ1) is 15.2. The summed E-state index contributed by atoms with van der Waals surface area (Å²) in [6, 6.07) is 8.37. The molecule has 1 atom stereocenters. The molecular weight excluding hydrogens is 297 g/mol. The third kappa shape index (κ3) is 3.22. The molecule has 2 aromatic rings. The minimum absolute atomic E-state index is 0.0522. The van der Waals surface area contributed by atoms with Crippen molar-refractivity contribution < 1.29 is 9.18 Å². The van der Waals surface area contributed by atoms with Crippen LogP contribution in [0.25, 0.3) is 0 Å².